The molecule has 0 amide bonds. The van der Waals surface area contributed by atoms with E-state index in [1.54, 1.807) is 0 Å². The topological polar surface area (TPSA) is 18.5 Å². The lowest BCUT2D eigenvalue weighted by molar-refractivity contribution is 0.161. The smallest absolute Gasteiger partial charge is 0.265 e. The standard InChI is InChI=1S/C26H35O2P/c1-25(2,3)18-16-21-20-14-10-11-15-23(20)29(27-19-12-8-7-9-13-19)28-24(21)22(17-18)26(4,5)6/h10-11,14-17,19H,7-9,12-13H2,1-6H3. The van der Waals surface area contributed by atoms with Gasteiger partial charge >= 0.3 is 0 Å². The van der Waals surface area contributed by atoms with Gasteiger partial charge < -0.3 is 9.05 Å². The first-order chi connectivity index (χ1) is 13.6. The fraction of sp³-hybridized carbons (Fsp3) is 0.538. The summed E-state index contributed by atoms with van der Waals surface area (Å²) in [6, 6.07) is 13.4. The molecule has 1 aliphatic heterocycles. The van der Waals surface area contributed by atoms with E-state index in [-0.39, 0.29) is 10.8 Å². The van der Waals surface area contributed by atoms with Crippen molar-refractivity contribution in [2.75, 3.05) is 0 Å². The first-order valence-corrected chi connectivity index (χ1v) is 12.3. The summed E-state index contributed by atoms with van der Waals surface area (Å²) in [5.74, 6) is 1.03. The summed E-state index contributed by atoms with van der Waals surface area (Å²) in [4.78, 5) is 0. The molecule has 29 heavy (non-hydrogen) atoms. The van der Waals surface area contributed by atoms with Crippen molar-refractivity contribution < 1.29 is 9.05 Å². The van der Waals surface area contributed by atoms with Crippen molar-refractivity contribution in [3.63, 3.8) is 0 Å². The highest BCUT2D eigenvalue weighted by Gasteiger charge is 2.35. The van der Waals surface area contributed by atoms with Crippen molar-refractivity contribution in [1.29, 1.82) is 0 Å². The second-order valence-corrected chi connectivity index (χ2v) is 12.0. The van der Waals surface area contributed by atoms with E-state index >= 15 is 0 Å². The van der Waals surface area contributed by atoms with Gasteiger partial charge in [0.15, 0.2) is 0 Å². The third-order valence-corrected chi connectivity index (χ3v) is 7.75. The summed E-state index contributed by atoms with van der Waals surface area (Å²) in [6.45, 7) is 13.7. The molecule has 1 unspecified atom stereocenters. The third-order valence-electron chi connectivity index (χ3n) is 6.13. The zero-order valence-electron chi connectivity index (χ0n) is 18.8. The van der Waals surface area contributed by atoms with Gasteiger partial charge in [-0.3, -0.25) is 0 Å². The Hall–Kier alpha value is -1.37. The van der Waals surface area contributed by atoms with E-state index in [0.29, 0.717) is 6.10 Å². The van der Waals surface area contributed by atoms with E-state index in [1.807, 2.05) is 0 Å². The zero-order valence-corrected chi connectivity index (χ0v) is 19.7. The summed E-state index contributed by atoms with van der Waals surface area (Å²) in [5, 5.41) is 1.23. The van der Waals surface area contributed by atoms with Gasteiger partial charge in [0.05, 0.1) is 11.4 Å². The van der Waals surface area contributed by atoms with Gasteiger partial charge in [0, 0.05) is 11.1 Å². The van der Waals surface area contributed by atoms with Crippen molar-refractivity contribution in [3.8, 4) is 16.9 Å². The fourth-order valence-electron chi connectivity index (χ4n) is 4.29. The molecule has 1 atom stereocenters. The van der Waals surface area contributed by atoms with Crippen molar-refractivity contribution in [3.05, 3.63) is 47.5 Å². The minimum atomic E-state index is -1.10. The van der Waals surface area contributed by atoms with Gasteiger partial charge in [-0.25, -0.2) is 0 Å². The second-order valence-electron chi connectivity index (χ2n) is 10.6. The van der Waals surface area contributed by atoms with E-state index in [9.17, 15) is 0 Å². The van der Waals surface area contributed by atoms with Crippen LogP contribution in [0.2, 0.25) is 0 Å². The van der Waals surface area contributed by atoms with Crippen LogP contribution in [0.1, 0.15) is 84.8 Å². The van der Waals surface area contributed by atoms with Gasteiger partial charge in [-0.15, -0.1) is 0 Å². The largest absolute Gasteiger partial charge is 0.443 e. The number of hydrogen-bond donors (Lipinski definition) is 0. The SMILES string of the molecule is CC(C)(C)c1cc2c(c(C(C)(C)C)c1)OP(OC1CCCCC1)c1ccccc1-2. The molecule has 2 nitrogen and oxygen atoms in total. The van der Waals surface area contributed by atoms with Crippen molar-refractivity contribution >= 4 is 13.7 Å². The monoisotopic (exact) mass is 410 g/mol. The predicted molar refractivity (Wildman–Crippen MR) is 124 cm³/mol. The van der Waals surface area contributed by atoms with Crippen LogP contribution in [0.15, 0.2) is 36.4 Å². The van der Waals surface area contributed by atoms with Crippen LogP contribution in [0.5, 0.6) is 5.75 Å². The van der Waals surface area contributed by atoms with Gasteiger partial charge in [-0.2, -0.15) is 0 Å². The Labute approximate surface area is 177 Å². The van der Waals surface area contributed by atoms with Crippen LogP contribution in [-0.2, 0) is 15.4 Å². The molecule has 2 aromatic rings. The molecule has 0 aromatic heterocycles. The summed E-state index contributed by atoms with van der Waals surface area (Å²) >= 11 is 0. The van der Waals surface area contributed by atoms with Crippen molar-refractivity contribution in [2.45, 2.75) is 90.6 Å². The van der Waals surface area contributed by atoms with Crippen LogP contribution in [0, 0.1) is 0 Å². The van der Waals surface area contributed by atoms with Crippen LogP contribution in [0.3, 0.4) is 0 Å². The average molecular weight is 411 g/mol. The molecule has 0 N–H and O–H groups in total. The molecule has 1 aliphatic carbocycles. The summed E-state index contributed by atoms with van der Waals surface area (Å²) in [6.07, 6.45) is 6.53. The van der Waals surface area contributed by atoms with E-state index < -0.39 is 8.38 Å². The second kappa shape index (κ2) is 7.71. The zero-order chi connectivity index (χ0) is 20.8. The molecule has 1 heterocycles. The molecular formula is C26H35O2P. The summed E-state index contributed by atoms with van der Waals surface area (Å²) in [5.41, 5.74) is 5.25. The lowest BCUT2D eigenvalue weighted by Crippen LogP contribution is -2.25. The lowest BCUT2D eigenvalue weighted by atomic mass is 9.78. The minimum Gasteiger partial charge on any atom is -0.443 e. The Morgan fingerprint density at radius 1 is 0.862 bits per heavy atom. The van der Waals surface area contributed by atoms with E-state index in [2.05, 4.69) is 77.9 Å². The van der Waals surface area contributed by atoms with Gasteiger partial charge in [0.2, 0.25) is 0 Å². The molecule has 2 aliphatic rings. The lowest BCUT2D eigenvalue weighted by Gasteiger charge is -2.36. The van der Waals surface area contributed by atoms with Crippen LogP contribution >= 0.6 is 8.38 Å². The highest BCUT2D eigenvalue weighted by Crippen LogP contribution is 2.54. The molecule has 0 bridgehead atoms. The number of benzene rings is 2. The fourth-order valence-corrected chi connectivity index (χ4v) is 5.99. The average Bonchev–Trinajstić information content (AvgIpc) is 2.67. The van der Waals surface area contributed by atoms with Crippen LogP contribution in [0.25, 0.3) is 11.1 Å². The summed E-state index contributed by atoms with van der Waals surface area (Å²) < 4.78 is 13.4. The third kappa shape index (κ3) is 4.25. The molecule has 0 saturated heterocycles. The summed E-state index contributed by atoms with van der Waals surface area (Å²) in [7, 11) is -1.10. The molecular weight excluding hydrogens is 375 g/mol. The molecule has 156 valence electrons. The minimum absolute atomic E-state index is 0.00344. The molecule has 0 spiro atoms. The predicted octanol–water partition coefficient (Wildman–Crippen LogP) is 7.63. The maximum absolute atomic E-state index is 6.73. The Balaban J connectivity index is 1.84. The molecule has 2 aromatic carbocycles. The Morgan fingerprint density at radius 2 is 1.55 bits per heavy atom. The highest BCUT2D eigenvalue weighted by molar-refractivity contribution is 7.57. The van der Waals surface area contributed by atoms with Gasteiger partial charge in [-0.1, -0.05) is 85.1 Å². The van der Waals surface area contributed by atoms with Crippen LogP contribution < -0.4 is 9.83 Å². The van der Waals surface area contributed by atoms with Crippen molar-refractivity contribution in [2.24, 2.45) is 0 Å². The maximum atomic E-state index is 6.73. The maximum Gasteiger partial charge on any atom is 0.265 e. The quantitative estimate of drug-likeness (QED) is 0.474. The molecule has 4 rings (SSSR count). The Kier molecular flexibility index (Phi) is 5.55. The molecule has 1 saturated carbocycles. The first-order valence-electron chi connectivity index (χ1n) is 11.1. The van der Waals surface area contributed by atoms with Crippen LogP contribution in [-0.4, -0.2) is 6.10 Å². The van der Waals surface area contributed by atoms with Crippen molar-refractivity contribution in [1.82, 2.24) is 0 Å². The molecule has 1 fully saturated rings. The Morgan fingerprint density at radius 3 is 2.21 bits per heavy atom. The van der Waals surface area contributed by atoms with E-state index in [1.165, 1.54) is 46.8 Å². The highest BCUT2D eigenvalue weighted by atomic mass is 31.2. The Bertz CT molecular complexity index is 883. The molecule has 0 radical (unpaired) electrons. The number of fused-ring (bicyclic) bond motifs is 3. The van der Waals surface area contributed by atoms with Crippen LogP contribution in [0.4, 0.5) is 0 Å². The van der Waals surface area contributed by atoms with E-state index in [4.69, 9.17) is 9.05 Å². The van der Waals surface area contributed by atoms with Gasteiger partial charge in [0.1, 0.15) is 5.75 Å². The van der Waals surface area contributed by atoms with E-state index in [0.717, 1.165) is 18.6 Å². The van der Waals surface area contributed by atoms with Gasteiger partial charge in [-0.05, 0) is 46.9 Å². The number of rotatable bonds is 2. The molecule has 3 heteroatoms. The number of hydrogen-bond acceptors (Lipinski definition) is 2. The van der Waals surface area contributed by atoms with Gasteiger partial charge in [0.25, 0.3) is 8.38 Å². The first kappa shape index (κ1) is 20.9. The normalized spacial score (nSPS) is 20.0.